The Morgan fingerprint density at radius 2 is 2.22 bits per heavy atom. The standard InChI is InChI=1S/C11H15N3O4/c15-8-11(3-5-18-6-4-11)13-10-2-1-9(7-12-10)14(16)17/h1-2,7,15H,3-6,8H2,(H,12,13). The summed E-state index contributed by atoms with van der Waals surface area (Å²) in [7, 11) is 0. The number of hydrogen-bond acceptors (Lipinski definition) is 6. The number of nitrogens with one attached hydrogen (secondary N) is 1. The van der Waals surface area contributed by atoms with Gasteiger partial charge in [0.2, 0.25) is 0 Å². The Balaban J connectivity index is 2.09. The third-order valence-corrected chi connectivity index (χ3v) is 3.10. The quantitative estimate of drug-likeness (QED) is 0.612. The fraction of sp³-hybridized carbons (Fsp3) is 0.545. The Morgan fingerprint density at radius 1 is 1.50 bits per heavy atom. The second-order valence-corrected chi connectivity index (χ2v) is 4.33. The van der Waals surface area contributed by atoms with Gasteiger partial charge in [-0.05, 0) is 18.9 Å². The van der Waals surface area contributed by atoms with Crippen LogP contribution in [0.4, 0.5) is 11.5 Å². The average Bonchev–Trinajstić information content (AvgIpc) is 2.40. The smallest absolute Gasteiger partial charge is 0.287 e. The van der Waals surface area contributed by atoms with Crippen LogP contribution in [0.15, 0.2) is 18.3 Å². The maximum absolute atomic E-state index is 10.5. The number of aliphatic hydroxyl groups is 1. The molecule has 98 valence electrons. The van der Waals surface area contributed by atoms with Crippen molar-refractivity contribution in [3.05, 3.63) is 28.4 Å². The monoisotopic (exact) mass is 253 g/mol. The number of rotatable bonds is 4. The number of nitrogens with zero attached hydrogens (tertiary/aromatic N) is 2. The highest BCUT2D eigenvalue weighted by atomic mass is 16.6. The van der Waals surface area contributed by atoms with E-state index in [1.54, 1.807) is 6.07 Å². The Morgan fingerprint density at radius 3 is 2.72 bits per heavy atom. The second kappa shape index (κ2) is 5.28. The molecule has 1 aromatic heterocycles. The number of hydrogen-bond donors (Lipinski definition) is 2. The first-order valence-electron chi connectivity index (χ1n) is 5.72. The van der Waals surface area contributed by atoms with E-state index in [4.69, 9.17) is 4.74 Å². The molecular formula is C11H15N3O4. The zero-order valence-electron chi connectivity index (χ0n) is 9.83. The van der Waals surface area contributed by atoms with Gasteiger partial charge >= 0.3 is 0 Å². The van der Waals surface area contributed by atoms with Crippen LogP contribution in [-0.4, -0.2) is 40.4 Å². The fourth-order valence-corrected chi connectivity index (χ4v) is 1.92. The summed E-state index contributed by atoms with van der Waals surface area (Å²) < 4.78 is 5.25. The van der Waals surface area contributed by atoms with Gasteiger partial charge in [0.1, 0.15) is 12.0 Å². The molecule has 0 radical (unpaired) electrons. The molecule has 1 saturated heterocycles. The van der Waals surface area contributed by atoms with Crippen molar-refractivity contribution < 1.29 is 14.8 Å². The van der Waals surface area contributed by atoms with Gasteiger partial charge < -0.3 is 15.2 Å². The molecule has 1 fully saturated rings. The number of pyridine rings is 1. The first kappa shape index (κ1) is 12.7. The summed E-state index contributed by atoms with van der Waals surface area (Å²) in [5.74, 6) is 0.525. The van der Waals surface area contributed by atoms with E-state index in [0.717, 1.165) is 0 Å². The number of anilines is 1. The van der Waals surface area contributed by atoms with Crippen LogP contribution in [0.25, 0.3) is 0 Å². The van der Waals surface area contributed by atoms with Crippen LogP contribution in [-0.2, 0) is 4.74 Å². The lowest BCUT2D eigenvalue weighted by atomic mass is 9.91. The molecule has 1 aliphatic heterocycles. The molecule has 7 heteroatoms. The van der Waals surface area contributed by atoms with Crippen molar-refractivity contribution >= 4 is 11.5 Å². The highest BCUT2D eigenvalue weighted by Gasteiger charge is 2.32. The Kier molecular flexibility index (Phi) is 3.73. The van der Waals surface area contributed by atoms with Gasteiger partial charge in [0.25, 0.3) is 5.69 Å². The molecule has 0 aliphatic carbocycles. The average molecular weight is 253 g/mol. The maximum Gasteiger partial charge on any atom is 0.287 e. The third kappa shape index (κ3) is 2.74. The molecule has 18 heavy (non-hydrogen) atoms. The third-order valence-electron chi connectivity index (χ3n) is 3.10. The molecule has 2 heterocycles. The molecular weight excluding hydrogens is 238 g/mol. The maximum atomic E-state index is 10.5. The first-order valence-corrected chi connectivity index (χ1v) is 5.72. The van der Waals surface area contributed by atoms with Gasteiger partial charge in [0.05, 0.1) is 17.1 Å². The summed E-state index contributed by atoms with van der Waals surface area (Å²) in [6.45, 7) is 1.15. The molecule has 7 nitrogen and oxygen atoms in total. The van der Waals surface area contributed by atoms with E-state index < -0.39 is 10.5 Å². The number of aliphatic hydroxyl groups excluding tert-OH is 1. The molecule has 2 N–H and O–H groups in total. The van der Waals surface area contributed by atoms with E-state index in [0.29, 0.717) is 31.9 Å². The van der Waals surface area contributed by atoms with E-state index in [1.165, 1.54) is 12.3 Å². The minimum atomic E-state index is -0.493. The van der Waals surface area contributed by atoms with Crippen molar-refractivity contribution in [3.63, 3.8) is 0 Å². The zero-order valence-corrected chi connectivity index (χ0v) is 9.83. The van der Waals surface area contributed by atoms with E-state index in [1.807, 2.05) is 0 Å². The van der Waals surface area contributed by atoms with Gasteiger partial charge in [-0.2, -0.15) is 0 Å². The Bertz CT molecular complexity index is 415. The van der Waals surface area contributed by atoms with Crippen molar-refractivity contribution in [1.29, 1.82) is 0 Å². The second-order valence-electron chi connectivity index (χ2n) is 4.33. The normalized spacial score (nSPS) is 18.3. The van der Waals surface area contributed by atoms with Crippen LogP contribution in [0.1, 0.15) is 12.8 Å². The topological polar surface area (TPSA) is 97.5 Å². The van der Waals surface area contributed by atoms with E-state index in [-0.39, 0.29) is 12.3 Å². The van der Waals surface area contributed by atoms with Gasteiger partial charge in [-0.1, -0.05) is 0 Å². The summed E-state index contributed by atoms with van der Waals surface area (Å²) >= 11 is 0. The van der Waals surface area contributed by atoms with E-state index in [9.17, 15) is 15.2 Å². The number of ether oxygens (including phenoxy) is 1. The lowest BCUT2D eigenvalue weighted by molar-refractivity contribution is -0.385. The van der Waals surface area contributed by atoms with Crippen LogP contribution in [0, 0.1) is 10.1 Å². The first-order chi connectivity index (χ1) is 8.65. The number of nitro groups is 1. The summed E-state index contributed by atoms with van der Waals surface area (Å²) in [5, 5.41) is 23.1. The van der Waals surface area contributed by atoms with Gasteiger partial charge in [0, 0.05) is 19.3 Å². The van der Waals surface area contributed by atoms with Gasteiger partial charge in [-0.25, -0.2) is 4.98 Å². The minimum absolute atomic E-state index is 0.0188. The minimum Gasteiger partial charge on any atom is -0.394 e. The molecule has 0 aromatic carbocycles. The van der Waals surface area contributed by atoms with Gasteiger partial charge in [0.15, 0.2) is 0 Å². The fourth-order valence-electron chi connectivity index (χ4n) is 1.92. The highest BCUT2D eigenvalue weighted by Crippen LogP contribution is 2.25. The summed E-state index contributed by atoms with van der Waals surface area (Å²) in [4.78, 5) is 14.0. The van der Waals surface area contributed by atoms with Crippen molar-refractivity contribution in [2.24, 2.45) is 0 Å². The SMILES string of the molecule is O=[N+]([O-])c1ccc(NC2(CO)CCOCC2)nc1. The molecule has 0 spiro atoms. The largest absolute Gasteiger partial charge is 0.394 e. The summed E-state index contributed by atoms with van der Waals surface area (Å²) in [5.41, 5.74) is -0.493. The van der Waals surface area contributed by atoms with Crippen LogP contribution in [0.2, 0.25) is 0 Å². The molecule has 0 amide bonds. The van der Waals surface area contributed by atoms with Crippen LogP contribution in [0.3, 0.4) is 0 Å². The Hall–Kier alpha value is -1.73. The molecule has 1 aromatic rings. The lowest BCUT2D eigenvalue weighted by Gasteiger charge is -2.36. The molecule has 2 rings (SSSR count). The molecule has 0 atom stereocenters. The van der Waals surface area contributed by atoms with Crippen molar-refractivity contribution in [2.75, 3.05) is 25.1 Å². The van der Waals surface area contributed by atoms with Gasteiger partial charge in [-0.15, -0.1) is 0 Å². The molecule has 0 bridgehead atoms. The highest BCUT2D eigenvalue weighted by molar-refractivity contribution is 5.42. The number of aromatic nitrogens is 1. The molecule has 0 unspecified atom stereocenters. The van der Waals surface area contributed by atoms with Crippen LogP contribution in [0.5, 0.6) is 0 Å². The van der Waals surface area contributed by atoms with Crippen molar-refractivity contribution in [2.45, 2.75) is 18.4 Å². The molecule has 1 aliphatic rings. The van der Waals surface area contributed by atoms with Crippen molar-refractivity contribution in [1.82, 2.24) is 4.98 Å². The van der Waals surface area contributed by atoms with Gasteiger partial charge in [-0.3, -0.25) is 10.1 Å². The van der Waals surface area contributed by atoms with E-state index >= 15 is 0 Å². The lowest BCUT2D eigenvalue weighted by Crippen LogP contribution is -2.47. The van der Waals surface area contributed by atoms with Crippen LogP contribution < -0.4 is 5.32 Å². The summed E-state index contributed by atoms with van der Waals surface area (Å²) in [6.07, 6.45) is 2.57. The Labute approximate surface area is 104 Å². The van der Waals surface area contributed by atoms with Crippen LogP contribution >= 0.6 is 0 Å². The summed E-state index contributed by atoms with van der Waals surface area (Å²) in [6, 6.07) is 2.94. The molecule has 0 saturated carbocycles. The van der Waals surface area contributed by atoms with Crippen molar-refractivity contribution in [3.8, 4) is 0 Å². The predicted molar refractivity (Wildman–Crippen MR) is 64.4 cm³/mol. The predicted octanol–water partition coefficient (Wildman–Crippen LogP) is 0.943. The van der Waals surface area contributed by atoms with E-state index in [2.05, 4.69) is 10.3 Å². The zero-order chi connectivity index (χ0) is 13.0.